The molecule has 2 aromatic carbocycles. The summed E-state index contributed by atoms with van der Waals surface area (Å²) in [5.74, 6) is -0.685. The standard InChI is InChI=1S/C19H20FNO4/c20-16-4-1-15-10-21(8-7-14(15)9-16)11-17(22)12-25-18-5-2-13(3-6-18)19(23)24/h1-6,9,17,22H,7-8,10-12H2,(H,23,24). The highest BCUT2D eigenvalue weighted by Gasteiger charge is 2.19. The van der Waals surface area contributed by atoms with Gasteiger partial charge >= 0.3 is 5.97 Å². The third-order valence-electron chi connectivity index (χ3n) is 4.27. The van der Waals surface area contributed by atoms with Gasteiger partial charge in [0.2, 0.25) is 0 Å². The van der Waals surface area contributed by atoms with Gasteiger partial charge in [-0.25, -0.2) is 9.18 Å². The second-order valence-corrected chi connectivity index (χ2v) is 6.19. The van der Waals surface area contributed by atoms with Crippen LogP contribution in [0.1, 0.15) is 21.5 Å². The fraction of sp³-hybridized carbons (Fsp3) is 0.316. The topological polar surface area (TPSA) is 70.0 Å². The van der Waals surface area contributed by atoms with E-state index in [9.17, 15) is 14.3 Å². The Morgan fingerprint density at radius 3 is 2.68 bits per heavy atom. The molecule has 6 heteroatoms. The van der Waals surface area contributed by atoms with E-state index in [0.717, 1.165) is 24.1 Å². The Morgan fingerprint density at radius 2 is 1.96 bits per heavy atom. The molecule has 1 heterocycles. The molecule has 25 heavy (non-hydrogen) atoms. The van der Waals surface area contributed by atoms with E-state index in [1.165, 1.54) is 18.2 Å². The summed E-state index contributed by atoms with van der Waals surface area (Å²) >= 11 is 0. The number of benzene rings is 2. The van der Waals surface area contributed by atoms with Gasteiger partial charge in [0.05, 0.1) is 5.56 Å². The lowest BCUT2D eigenvalue weighted by atomic mass is 9.99. The summed E-state index contributed by atoms with van der Waals surface area (Å²) < 4.78 is 18.7. The second kappa shape index (κ2) is 7.63. The molecule has 5 nitrogen and oxygen atoms in total. The summed E-state index contributed by atoms with van der Waals surface area (Å²) in [5.41, 5.74) is 2.31. The predicted molar refractivity (Wildman–Crippen MR) is 90.3 cm³/mol. The molecule has 0 fully saturated rings. The zero-order chi connectivity index (χ0) is 17.8. The molecule has 1 aliphatic rings. The van der Waals surface area contributed by atoms with Crippen molar-refractivity contribution >= 4 is 5.97 Å². The number of hydrogen-bond donors (Lipinski definition) is 2. The van der Waals surface area contributed by atoms with Crippen LogP contribution in [0, 0.1) is 5.82 Å². The Labute approximate surface area is 145 Å². The van der Waals surface area contributed by atoms with Crippen molar-refractivity contribution in [3.05, 3.63) is 65.0 Å². The average Bonchev–Trinajstić information content (AvgIpc) is 2.60. The summed E-state index contributed by atoms with van der Waals surface area (Å²) in [6, 6.07) is 10.9. The van der Waals surface area contributed by atoms with Gasteiger partial charge in [-0.15, -0.1) is 0 Å². The molecule has 2 aromatic rings. The van der Waals surface area contributed by atoms with Gasteiger partial charge in [-0.1, -0.05) is 6.07 Å². The molecule has 0 saturated heterocycles. The van der Waals surface area contributed by atoms with E-state index < -0.39 is 12.1 Å². The maximum Gasteiger partial charge on any atom is 0.335 e. The number of nitrogens with zero attached hydrogens (tertiary/aromatic N) is 1. The number of carbonyl (C=O) groups is 1. The lowest BCUT2D eigenvalue weighted by Gasteiger charge is -2.30. The average molecular weight is 345 g/mol. The number of carboxylic acids is 1. The Bertz CT molecular complexity index is 748. The highest BCUT2D eigenvalue weighted by Crippen LogP contribution is 2.20. The largest absolute Gasteiger partial charge is 0.491 e. The van der Waals surface area contributed by atoms with Crippen LogP contribution in [0.3, 0.4) is 0 Å². The number of carboxylic acid groups (broad SMARTS) is 1. The normalized spacial score (nSPS) is 15.4. The summed E-state index contributed by atoms with van der Waals surface area (Å²) in [4.78, 5) is 12.9. The quantitative estimate of drug-likeness (QED) is 0.841. The minimum absolute atomic E-state index is 0.124. The van der Waals surface area contributed by atoms with Crippen LogP contribution in [0.25, 0.3) is 0 Å². The van der Waals surface area contributed by atoms with Crippen LogP contribution in [-0.4, -0.2) is 46.9 Å². The SMILES string of the molecule is O=C(O)c1ccc(OCC(O)CN2CCc3cc(F)ccc3C2)cc1. The minimum atomic E-state index is -0.989. The minimum Gasteiger partial charge on any atom is -0.491 e. The van der Waals surface area contributed by atoms with Crippen molar-refractivity contribution in [2.24, 2.45) is 0 Å². The van der Waals surface area contributed by atoms with Crippen molar-refractivity contribution in [3.8, 4) is 5.75 Å². The lowest BCUT2D eigenvalue weighted by Crippen LogP contribution is -2.38. The van der Waals surface area contributed by atoms with Crippen molar-refractivity contribution in [3.63, 3.8) is 0 Å². The fourth-order valence-corrected chi connectivity index (χ4v) is 2.97. The molecule has 3 rings (SSSR count). The Hall–Kier alpha value is -2.44. The monoisotopic (exact) mass is 345 g/mol. The van der Waals surface area contributed by atoms with Crippen molar-refractivity contribution in [1.82, 2.24) is 4.90 Å². The van der Waals surface area contributed by atoms with Gasteiger partial charge in [-0.2, -0.15) is 0 Å². The van der Waals surface area contributed by atoms with E-state index in [1.54, 1.807) is 24.3 Å². The Balaban J connectivity index is 1.49. The maximum atomic E-state index is 13.2. The number of aliphatic hydroxyl groups excluding tert-OH is 1. The molecule has 0 saturated carbocycles. The van der Waals surface area contributed by atoms with Gasteiger partial charge in [0.15, 0.2) is 0 Å². The van der Waals surface area contributed by atoms with Gasteiger partial charge in [-0.05, 0) is 53.9 Å². The van der Waals surface area contributed by atoms with E-state index in [0.29, 0.717) is 18.8 Å². The number of ether oxygens (including phenoxy) is 1. The van der Waals surface area contributed by atoms with Crippen LogP contribution in [0.4, 0.5) is 4.39 Å². The van der Waals surface area contributed by atoms with Crippen molar-refractivity contribution < 1.29 is 24.1 Å². The summed E-state index contributed by atoms with van der Waals surface area (Å²) in [6.45, 7) is 2.03. The first-order valence-electron chi connectivity index (χ1n) is 8.15. The first kappa shape index (κ1) is 17.4. The third-order valence-corrected chi connectivity index (χ3v) is 4.27. The van der Waals surface area contributed by atoms with E-state index in [-0.39, 0.29) is 18.0 Å². The Morgan fingerprint density at radius 1 is 1.20 bits per heavy atom. The zero-order valence-electron chi connectivity index (χ0n) is 13.7. The molecule has 0 radical (unpaired) electrons. The maximum absolute atomic E-state index is 13.2. The van der Waals surface area contributed by atoms with Gasteiger partial charge < -0.3 is 14.9 Å². The molecule has 2 N–H and O–H groups in total. The van der Waals surface area contributed by atoms with Gasteiger partial charge in [0, 0.05) is 19.6 Å². The Kier molecular flexibility index (Phi) is 5.31. The molecular weight excluding hydrogens is 325 g/mol. The number of rotatable bonds is 6. The zero-order valence-corrected chi connectivity index (χ0v) is 13.7. The number of halogens is 1. The van der Waals surface area contributed by atoms with Crippen molar-refractivity contribution in [2.75, 3.05) is 19.7 Å². The van der Waals surface area contributed by atoms with E-state index in [4.69, 9.17) is 9.84 Å². The highest BCUT2D eigenvalue weighted by molar-refractivity contribution is 5.87. The number of fused-ring (bicyclic) bond motifs is 1. The molecular formula is C19H20FNO4. The smallest absolute Gasteiger partial charge is 0.335 e. The molecule has 0 bridgehead atoms. The van der Waals surface area contributed by atoms with Gasteiger partial charge in [0.1, 0.15) is 24.3 Å². The van der Waals surface area contributed by atoms with E-state index >= 15 is 0 Å². The predicted octanol–water partition coefficient (Wildman–Crippen LogP) is 2.32. The van der Waals surface area contributed by atoms with Crippen LogP contribution >= 0.6 is 0 Å². The molecule has 1 atom stereocenters. The third kappa shape index (κ3) is 4.55. The second-order valence-electron chi connectivity index (χ2n) is 6.19. The summed E-state index contributed by atoms with van der Waals surface area (Å²) in [7, 11) is 0. The lowest BCUT2D eigenvalue weighted by molar-refractivity contribution is 0.0635. The highest BCUT2D eigenvalue weighted by atomic mass is 19.1. The van der Waals surface area contributed by atoms with Crippen LogP contribution in [-0.2, 0) is 13.0 Å². The van der Waals surface area contributed by atoms with Crippen LogP contribution in [0.5, 0.6) is 5.75 Å². The first-order valence-corrected chi connectivity index (χ1v) is 8.15. The van der Waals surface area contributed by atoms with Crippen molar-refractivity contribution in [2.45, 2.75) is 19.1 Å². The molecule has 0 amide bonds. The summed E-state index contributed by atoms with van der Waals surface area (Å²) in [5, 5.41) is 19.0. The van der Waals surface area contributed by atoms with E-state index in [1.807, 2.05) is 0 Å². The molecule has 132 valence electrons. The van der Waals surface area contributed by atoms with E-state index in [2.05, 4.69) is 4.90 Å². The first-order chi connectivity index (χ1) is 12.0. The van der Waals surface area contributed by atoms with Gasteiger partial charge in [0.25, 0.3) is 0 Å². The van der Waals surface area contributed by atoms with Crippen LogP contribution in [0.15, 0.2) is 42.5 Å². The summed E-state index contributed by atoms with van der Waals surface area (Å²) in [6.07, 6.45) is 0.0956. The van der Waals surface area contributed by atoms with Crippen LogP contribution < -0.4 is 4.74 Å². The molecule has 1 unspecified atom stereocenters. The van der Waals surface area contributed by atoms with Crippen molar-refractivity contribution in [1.29, 1.82) is 0 Å². The molecule has 0 aliphatic carbocycles. The number of aromatic carboxylic acids is 1. The van der Waals surface area contributed by atoms with Crippen LogP contribution in [0.2, 0.25) is 0 Å². The number of β-amino-alcohol motifs (C(OH)–C–C–N with tert-alkyl or cyclic N) is 1. The number of aliphatic hydroxyl groups is 1. The molecule has 0 aromatic heterocycles. The fourth-order valence-electron chi connectivity index (χ4n) is 2.97. The molecule has 1 aliphatic heterocycles. The number of hydrogen-bond acceptors (Lipinski definition) is 4. The van der Waals surface area contributed by atoms with Gasteiger partial charge in [-0.3, -0.25) is 4.90 Å². The molecule has 0 spiro atoms.